The Bertz CT molecular complexity index is 408. The second-order valence-corrected chi connectivity index (χ2v) is 4.18. The van der Waals surface area contributed by atoms with Crippen LogP contribution in [0.25, 0.3) is 10.7 Å². The minimum atomic E-state index is 0.469. The molecule has 0 aromatic carbocycles. The van der Waals surface area contributed by atoms with Gasteiger partial charge in [0.1, 0.15) is 10.7 Å². The smallest absolute Gasteiger partial charge is 0.143 e. The van der Waals surface area contributed by atoms with Gasteiger partial charge in [-0.05, 0) is 5.92 Å². The molecule has 2 heterocycles. The van der Waals surface area contributed by atoms with E-state index in [0.29, 0.717) is 5.92 Å². The minimum absolute atomic E-state index is 0.469. The van der Waals surface area contributed by atoms with E-state index in [4.69, 9.17) is 0 Å². The Kier molecular flexibility index (Phi) is 2.54. The fraction of sp³-hybridized carbons (Fsp3) is 0.300. The Morgan fingerprint density at radius 1 is 1.29 bits per heavy atom. The third-order valence-corrected chi connectivity index (χ3v) is 2.78. The van der Waals surface area contributed by atoms with Crippen LogP contribution < -0.4 is 0 Å². The SMILES string of the molecule is CC(C)c1csc(-c2cnccn2)n1. The van der Waals surface area contributed by atoms with Crippen LogP contribution in [0.2, 0.25) is 0 Å². The van der Waals surface area contributed by atoms with Gasteiger partial charge in [-0.15, -0.1) is 11.3 Å². The van der Waals surface area contributed by atoms with E-state index >= 15 is 0 Å². The van der Waals surface area contributed by atoms with Crippen molar-refractivity contribution >= 4 is 11.3 Å². The van der Waals surface area contributed by atoms with Crippen molar-refractivity contribution in [3.63, 3.8) is 0 Å². The zero-order valence-corrected chi connectivity index (χ0v) is 8.95. The molecule has 0 unspecified atom stereocenters. The number of hydrogen-bond donors (Lipinski definition) is 0. The van der Waals surface area contributed by atoms with Crippen molar-refractivity contribution in [1.29, 1.82) is 0 Å². The molecular formula is C10H11N3S. The van der Waals surface area contributed by atoms with Crippen LogP contribution in [0.5, 0.6) is 0 Å². The number of thiazole rings is 1. The molecule has 2 aromatic rings. The molecule has 0 atom stereocenters. The highest BCUT2D eigenvalue weighted by Gasteiger charge is 2.07. The minimum Gasteiger partial charge on any atom is -0.261 e. The Morgan fingerprint density at radius 3 is 2.71 bits per heavy atom. The summed E-state index contributed by atoms with van der Waals surface area (Å²) in [6.07, 6.45) is 5.09. The summed E-state index contributed by atoms with van der Waals surface area (Å²) in [5, 5.41) is 3.02. The molecule has 0 saturated heterocycles. The van der Waals surface area contributed by atoms with E-state index in [0.717, 1.165) is 16.4 Å². The Labute approximate surface area is 86.9 Å². The summed E-state index contributed by atoms with van der Waals surface area (Å²) in [6.45, 7) is 4.27. The average molecular weight is 205 g/mol. The number of hydrogen-bond acceptors (Lipinski definition) is 4. The molecule has 0 aliphatic rings. The van der Waals surface area contributed by atoms with Crippen LogP contribution in [0.3, 0.4) is 0 Å². The van der Waals surface area contributed by atoms with E-state index < -0.39 is 0 Å². The zero-order chi connectivity index (χ0) is 9.97. The average Bonchev–Trinajstić information content (AvgIpc) is 2.68. The van der Waals surface area contributed by atoms with Crippen molar-refractivity contribution in [3.8, 4) is 10.7 Å². The van der Waals surface area contributed by atoms with E-state index in [2.05, 4.69) is 34.2 Å². The fourth-order valence-corrected chi connectivity index (χ4v) is 2.02. The topological polar surface area (TPSA) is 38.7 Å². The van der Waals surface area contributed by atoms with E-state index in [1.165, 1.54) is 0 Å². The number of rotatable bonds is 2. The molecule has 2 aromatic heterocycles. The highest BCUT2D eigenvalue weighted by molar-refractivity contribution is 7.13. The first-order chi connectivity index (χ1) is 6.77. The van der Waals surface area contributed by atoms with Gasteiger partial charge in [-0.25, -0.2) is 4.98 Å². The summed E-state index contributed by atoms with van der Waals surface area (Å²) in [6, 6.07) is 0. The number of aromatic nitrogens is 3. The maximum absolute atomic E-state index is 4.50. The van der Waals surface area contributed by atoms with Gasteiger partial charge in [0.05, 0.1) is 11.9 Å². The molecule has 0 bridgehead atoms. The predicted octanol–water partition coefficient (Wildman–Crippen LogP) is 2.72. The van der Waals surface area contributed by atoms with Gasteiger partial charge in [0.25, 0.3) is 0 Å². The molecule has 0 amide bonds. The van der Waals surface area contributed by atoms with Gasteiger partial charge in [-0.3, -0.25) is 9.97 Å². The normalized spacial score (nSPS) is 10.8. The van der Waals surface area contributed by atoms with E-state index in [9.17, 15) is 0 Å². The predicted molar refractivity (Wildman–Crippen MR) is 57.2 cm³/mol. The van der Waals surface area contributed by atoms with Crippen molar-refractivity contribution in [3.05, 3.63) is 29.7 Å². The van der Waals surface area contributed by atoms with Crippen LogP contribution >= 0.6 is 11.3 Å². The van der Waals surface area contributed by atoms with Gasteiger partial charge in [0.2, 0.25) is 0 Å². The summed E-state index contributed by atoms with van der Waals surface area (Å²) in [4.78, 5) is 12.7. The van der Waals surface area contributed by atoms with Crippen LogP contribution in [0.1, 0.15) is 25.5 Å². The Balaban J connectivity index is 2.34. The molecule has 14 heavy (non-hydrogen) atoms. The van der Waals surface area contributed by atoms with Gasteiger partial charge >= 0.3 is 0 Å². The first-order valence-electron chi connectivity index (χ1n) is 4.49. The third kappa shape index (κ3) is 1.80. The summed E-state index contributed by atoms with van der Waals surface area (Å²) in [7, 11) is 0. The quantitative estimate of drug-likeness (QED) is 0.756. The van der Waals surface area contributed by atoms with E-state index in [1.54, 1.807) is 29.9 Å². The lowest BCUT2D eigenvalue weighted by atomic mass is 10.2. The van der Waals surface area contributed by atoms with Crippen LogP contribution in [0.4, 0.5) is 0 Å². The molecule has 0 fully saturated rings. The molecule has 2 rings (SSSR count). The maximum atomic E-state index is 4.50. The van der Waals surface area contributed by atoms with Crippen LogP contribution in [0.15, 0.2) is 24.0 Å². The van der Waals surface area contributed by atoms with E-state index in [1.807, 2.05) is 0 Å². The largest absolute Gasteiger partial charge is 0.261 e. The second-order valence-electron chi connectivity index (χ2n) is 3.32. The Morgan fingerprint density at radius 2 is 2.14 bits per heavy atom. The van der Waals surface area contributed by atoms with Crippen LogP contribution in [0, 0.1) is 0 Å². The third-order valence-electron chi connectivity index (χ3n) is 1.90. The molecule has 4 heteroatoms. The highest BCUT2D eigenvalue weighted by Crippen LogP contribution is 2.24. The van der Waals surface area contributed by atoms with Crippen molar-refractivity contribution in [2.45, 2.75) is 19.8 Å². The molecule has 3 nitrogen and oxygen atoms in total. The molecular weight excluding hydrogens is 194 g/mol. The molecule has 0 aliphatic carbocycles. The van der Waals surface area contributed by atoms with Crippen LogP contribution in [-0.4, -0.2) is 15.0 Å². The van der Waals surface area contributed by atoms with Gasteiger partial charge in [0, 0.05) is 17.8 Å². The molecule has 0 spiro atoms. The lowest BCUT2D eigenvalue weighted by molar-refractivity contribution is 0.833. The first kappa shape index (κ1) is 9.27. The van der Waals surface area contributed by atoms with Gasteiger partial charge in [-0.2, -0.15) is 0 Å². The van der Waals surface area contributed by atoms with Crippen molar-refractivity contribution < 1.29 is 0 Å². The standard InChI is InChI=1S/C10H11N3S/c1-7(2)9-6-14-10(13-9)8-5-11-3-4-12-8/h3-7H,1-2H3. The first-order valence-corrected chi connectivity index (χ1v) is 5.37. The second kappa shape index (κ2) is 3.84. The van der Waals surface area contributed by atoms with Crippen molar-refractivity contribution in [1.82, 2.24) is 15.0 Å². The number of nitrogens with zero attached hydrogens (tertiary/aromatic N) is 3. The zero-order valence-electron chi connectivity index (χ0n) is 8.14. The van der Waals surface area contributed by atoms with Crippen molar-refractivity contribution in [2.24, 2.45) is 0 Å². The highest BCUT2D eigenvalue weighted by atomic mass is 32.1. The molecule has 0 radical (unpaired) electrons. The molecule has 72 valence electrons. The Hall–Kier alpha value is -1.29. The van der Waals surface area contributed by atoms with Gasteiger partial charge < -0.3 is 0 Å². The summed E-state index contributed by atoms with van der Waals surface area (Å²) >= 11 is 1.62. The summed E-state index contributed by atoms with van der Waals surface area (Å²) < 4.78 is 0. The lowest BCUT2D eigenvalue weighted by Gasteiger charge is -1.96. The molecule has 0 aliphatic heterocycles. The van der Waals surface area contributed by atoms with E-state index in [-0.39, 0.29) is 0 Å². The molecule has 0 N–H and O–H groups in total. The summed E-state index contributed by atoms with van der Waals surface area (Å²) in [5.41, 5.74) is 1.97. The van der Waals surface area contributed by atoms with Gasteiger partial charge in [0.15, 0.2) is 0 Å². The maximum Gasteiger partial charge on any atom is 0.143 e. The lowest BCUT2D eigenvalue weighted by Crippen LogP contribution is -1.88. The van der Waals surface area contributed by atoms with Crippen LogP contribution in [-0.2, 0) is 0 Å². The van der Waals surface area contributed by atoms with Gasteiger partial charge in [-0.1, -0.05) is 13.8 Å². The fourth-order valence-electron chi connectivity index (χ4n) is 1.08. The summed E-state index contributed by atoms with van der Waals surface area (Å²) in [5.74, 6) is 0.469. The van der Waals surface area contributed by atoms with Crippen molar-refractivity contribution in [2.75, 3.05) is 0 Å². The monoisotopic (exact) mass is 205 g/mol. The molecule has 0 saturated carbocycles.